The number of H-pyrrole nitrogens is 1. The number of fused-ring (bicyclic) bond motifs is 1. The number of benzene rings is 1. The molecule has 1 aliphatic heterocycles. The zero-order valence-electron chi connectivity index (χ0n) is 14.6. The molecule has 0 saturated carbocycles. The summed E-state index contributed by atoms with van der Waals surface area (Å²) in [6, 6.07) is 12.7. The average Bonchev–Trinajstić information content (AvgIpc) is 3.08. The number of hydrogen-bond donors (Lipinski definition) is 2. The van der Waals surface area contributed by atoms with Gasteiger partial charge in [0.25, 0.3) is 5.56 Å². The molecule has 4 rings (SSSR count). The molecule has 1 saturated heterocycles. The van der Waals surface area contributed by atoms with Crippen LogP contribution in [0, 0.1) is 0 Å². The van der Waals surface area contributed by atoms with Gasteiger partial charge in [-0.1, -0.05) is 30.3 Å². The second-order valence-electron chi connectivity index (χ2n) is 6.94. The number of nitrogens with one attached hydrogen (secondary N) is 2. The Balaban J connectivity index is 1.60. The van der Waals surface area contributed by atoms with E-state index in [-0.39, 0.29) is 11.6 Å². The third-order valence-corrected chi connectivity index (χ3v) is 5.02. The third kappa shape index (κ3) is 3.05. The van der Waals surface area contributed by atoms with Crippen LogP contribution in [0.15, 0.2) is 47.4 Å². The Hall–Kier alpha value is -2.60. The van der Waals surface area contributed by atoms with E-state index in [1.54, 1.807) is 17.8 Å². The van der Waals surface area contributed by atoms with E-state index in [1.807, 2.05) is 6.07 Å². The summed E-state index contributed by atoms with van der Waals surface area (Å²) in [7, 11) is 3.91. The first-order valence-electron chi connectivity index (χ1n) is 8.66. The third-order valence-electron chi connectivity index (χ3n) is 5.02. The second kappa shape index (κ2) is 6.37. The normalized spacial score (nSPS) is 21.5. The minimum atomic E-state index is -0.0544. The summed E-state index contributed by atoms with van der Waals surface area (Å²) in [5, 5.41) is 3.50. The summed E-state index contributed by atoms with van der Waals surface area (Å²) < 4.78 is 1.59. The number of rotatable bonds is 3. The quantitative estimate of drug-likeness (QED) is 0.769. The average molecular weight is 337 g/mol. The molecule has 25 heavy (non-hydrogen) atoms. The molecule has 2 atom stereocenters. The Bertz CT molecular complexity index is 930. The van der Waals surface area contributed by atoms with Crippen LogP contribution in [0.5, 0.6) is 0 Å². The molecule has 1 aromatic carbocycles. The van der Waals surface area contributed by atoms with Crippen molar-refractivity contribution in [2.45, 2.75) is 18.4 Å². The van der Waals surface area contributed by atoms with Crippen molar-refractivity contribution < 1.29 is 0 Å². The number of anilines is 1. The number of hydrogen-bond acceptors (Lipinski definition) is 4. The minimum Gasteiger partial charge on any atom is -0.355 e. The highest BCUT2D eigenvalue weighted by Gasteiger charge is 2.27. The maximum atomic E-state index is 12.4. The maximum absolute atomic E-state index is 12.4. The van der Waals surface area contributed by atoms with Crippen LogP contribution in [-0.2, 0) is 7.05 Å². The van der Waals surface area contributed by atoms with E-state index >= 15 is 0 Å². The van der Waals surface area contributed by atoms with Crippen molar-refractivity contribution in [2.75, 3.05) is 25.5 Å². The number of aromatic nitrogens is 3. The van der Waals surface area contributed by atoms with Crippen LogP contribution < -0.4 is 10.9 Å². The van der Waals surface area contributed by atoms with E-state index in [2.05, 4.69) is 57.6 Å². The molecule has 0 aliphatic carbocycles. The fourth-order valence-corrected chi connectivity index (χ4v) is 3.78. The molecule has 1 fully saturated rings. The van der Waals surface area contributed by atoms with Gasteiger partial charge in [0, 0.05) is 32.4 Å². The lowest BCUT2D eigenvalue weighted by Gasteiger charge is -2.36. The number of piperidine rings is 1. The lowest BCUT2D eigenvalue weighted by Crippen LogP contribution is -2.44. The molecule has 0 radical (unpaired) electrons. The van der Waals surface area contributed by atoms with Gasteiger partial charge in [0.1, 0.15) is 5.52 Å². The van der Waals surface area contributed by atoms with Crippen LogP contribution >= 0.6 is 0 Å². The molecular formula is C19H23N5O. The molecule has 0 amide bonds. The van der Waals surface area contributed by atoms with Gasteiger partial charge in [-0.2, -0.15) is 0 Å². The lowest BCUT2D eigenvalue weighted by molar-refractivity contribution is 0.235. The van der Waals surface area contributed by atoms with Gasteiger partial charge in [0.05, 0.1) is 5.52 Å². The molecule has 3 heterocycles. The Morgan fingerprint density at radius 1 is 1.16 bits per heavy atom. The van der Waals surface area contributed by atoms with Gasteiger partial charge in [0.2, 0.25) is 5.95 Å². The predicted octanol–water partition coefficient (Wildman–Crippen LogP) is 2.16. The van der Waals surface area contributed by atoms with Gasteiger partial charge in [-0.05, 0) is 31.0 Å². The number of nitrogens with zero attached hydrogens (tertiary/aromatic N) is 3. The van der Waals surface area contributed by atoms with Crippen LogP contribution in [0.25, 0.3) is 11.0 Å². The number of aromatic amines is 1. The highest BCUT2D eigenvalue weighted by atomic mass is 16.1. The van der Waals surface area contributed by atoms with E-state index in [4.69, 9.17) is 0 Å². The molecular weight excluding hydrogens is 314 g/mol. The van der Waals surface area contributed by atoms with Crippen molar-refractivity contribution in [3.05, 3.63) is 58.5 Å². The first kappa shape index (κ1) is 15.9. The van der Waals surface area contributed by atoms with E-state index in [9.17, 15) is 4.79 Å². The topological polar surface area (TPSA) is 66.0 Å². The monoisotopic (exact) mass is 337 g/mol. The molecule has 6 heteroatoms. The van der Waals surface area contributed by atoms with E-state index in [1.165, 1.54) is 5.56 Å². The van der Waals surface area contributed by atoms with Crippen LogP contribution in [0.3, 0.4) is 0 Å². The van der Waals surface area contributed by atoms with Crippen molar-refractivity contribution in [2.24, 2.45) is 7.05 Å². The van der Waals surface area contributed by atoms with Crippen LogP contribution in [-0.4, -0.2) is 45.6 Å². The lowest BCUT2D eigenvalue weighted by atomic mass is 9.88. The van der Waals surface area contributed by atoms with E-state index < -0.39 is 0 Å². The molecule has 6 nitrogen and oxygen atoms in total. The van der Waals surface area contributed by atoms with Crippen LogP contribution in [0.4, 0.5) is 5.95 Å². The molecule has 0 bridgehead atoms. The summed E-state index contributed by atoms with van der Waals surface area (Å²) in [6.07, 6.45) is 2.78. The van der Waals surface area contributed by atoms with E-state index in [0.29, 0.717) is 22.9 Å². The SMILES string of the molecule is CN1C[C@H](Nc2nc3cc[nH]c3c(=O)n2C)C[C@H](c2ccccc2)C1. The van der Waals surface area contributed by atoms with Gasteiger partial charge in [-0.3, -0.25) is 9.36 Å². The van der Waals surface area contributed by atoms with Crippen molar-refractivity contribution in [1.29, 1.82) is 0 Å². The summed E-state index contributed by atoms with van der Waals surface area (Å²) in [6.45, 7) is 1.98. The van der Waals surface area contributed by atoms with Crippen LogP contribution in [0.1, 0.15) is 17.9 Å². The van der Waals surface area contributed by atoms with Gasteiger partial charge < -0.3 is 15.2 Å². The zero-order chi connectivity index (χ0) is 17.4. The molecule has 130 valence electrons. The van der Waals surface area contributed by atoms with Crippen molar-refractivity contribution >= 4 is 17.0 Å². The molecule has 3 aromatic rings. The smallest absolute Gasteiger partial charge is 0.278 e. The summed E-state index contributed by atoms with van der Waals surface area (Å²) in [5.41, 5.74) is 2.57. The fourth-order valence-electron chi connectivity index (χ4n) is 3.78. The Morgan fingerprint density at radius 2 is 1.96 bits per heavy atom. The van der Waals surface area contributed by atoms with Gasteiger partial charge in [-0.25, -0.2) is 4.98 Å². The molecule has 2 aromatic heterocycles. The van der Waals surface area contributed by atoms with Crippen molar-refractivity contribution in [3.8, 4) is 0 Å². The Morgan fingerprint density at radius 3 is 2.76 bits per heavy atom. The summed E-state index contributed by atoms with van der Waals surface area (Å²) in [4.78, 5) is 22.4. The predicted molar refractivity (Wildman–Crippen MR) is 100 cm³/mol. The van der Waals surface area contributed by atoms with Gasteiger partial charge >= 0.3 is 0 Å². The first-order chi connectivity index (χ1) is 12.1. The Kier molecular flexibility index (Phi) is 4.05. The second-order valence-corrected chi connectivity index (χ2v) is 6.94. The highest BCUT2D eigenvalue weighted by molar-refractivity contribution is 5.75. The summed E-state index contributed by atoms with van der Waals surface area (Å²) in [5.74, 6) is 1.11. The minimum absolute atomic E-state index is 0.0544. The molecule has 1 aliphatic rings. The standard InChI is InChI=1S/C19H23N5O/c1-23-11-14(13-6-4-3-5-7-13)10-15(12-23)21-19-22-16-8-9-20-17(16)18(25)24(19)2/h3-9,14-15,20H,10-12H2,1-2H3,(H,21,22)/t14-,15+/m0/s1. The number of likely N-dealkylation sites (N-methyl/N-ethyl adjacent to an activating group) is 1. The largest absolute Gasteiger partial charge is 0.355 e. The highest BCUT2D eigenvalue weighted by Crippen LogP contribution is 2.27. The molecule has 0 unspecified atom stereocenters. The van der Waals surface area contributed by atoms with Gasteiger partial charge in [0.15, 0.2) is 0 Å². The first-order valence-corrected chi connectivity index (χ1v) is 8.66. The Labute approximate surface area is 146 Å². The number of likely N-dealkylation sites (tertiary alicyclic amines) is 1. The van der Waals surface area contributed by atoms with Crippen molar-refractivity contribution in [1.82, 2.24) is 19.4 Å². The van der Waals surface area contributed by atoms with Crippen molar-refractivity contribution in [3.63, 3.8) is 0 Å². The molecule has 0 spiro atoms. The fraction of sp³-hybridized carbons (Fsp3) is 0.368. The summed E-state index contributed by atoms with van der Waals surface area (Å²) >= 11 is 0. The van der Waals surface area contributed by atoms with E-state index in [0.717, 1.165) is 19.5 Å². The zero-order valence-corrected chi connectivity index (χ0v) is 14.6. The molecule has 2 N–H and O–H groups in total. The van der Waals surface area contributed by atoms with Gasteiger partial charge in [-0.15, -0.1) is 0 Å². The maximum Gasteiger partial charge on any atom is 0.278 e. The van der Waals surface area contributed by atoms with Crippen LogP contribution in [0.2, 0.25) is 0 Å².